The van der Waals surface area contributed by atoms with Gasteiger partial charge >= 0.3 is 5.97 Å². The van der Waals surface area contributed by atoms with Gasteiger partial charge in [0.25, 0.3) is 0 Å². The van der Waals surface area contributed by atoms with E-state index in [0.29, 0.717) is 23.3 Å². The molecule has 4 nitrogen and oxygen atoms in total. The first-order valence-corrected chi connectivity index (χ1v) is 7.60. The predicted molar refractivity (Wildman–Crippen MR) is 86.6 cm³/mol. The third-order valence-corrected chi connectivity index (χ3v) is 3.97. The highest BCUT2D eigenvalue weighted by Gasteiger charge is 2.29. The number of hydrogen-bond acceptors (Lipinski definition) is 4. The summed E-state index contributed by atoms with van der Waals surface area (Å²) in [7, 11) is 0. The Labute approximate surface area is 133 Å². The standard InChI is InChI=1S/C18H28O4/c1-8-16(2,3)15(19)22-14-10-12(17(4,5)20)9-13(11-14)18(6,7)21/h9-11,20-21H,8H2,1-7H3. The second-order valence-corrected chi connectivity index (χ2v) is 7.49. The Morgan fingerprint density at radius 1 is 0.955 bits per heavy atom. The zero-order valence-corrected chi connectivity index (χ0v) is 14.7. The van der Waals surface area contributed by atoms with E-state index in [1.54, 1.807) is 45.9 Å². The molecule has 4 heteroatoms. The van der Waals surface area contributed by atoms with Crippen molar-refractivity contribution in [2.45, 2.75) is 66.1 Å². The molecule has 0 saturated heterocycles. The van der Waals surface area contributed by atoms with Crippen molar-refractivity contribution in [2.24, 2.45) is 5.41 Å². The zero-order valence-electron chi connectivity index (χ0n) is 14.7. The molecule has 2 N–H and O–H groups in total. The van der Waals surface area contributed by atoms with E-state index in [4.69, 9.17) is 4.74 Å². The fraction of sp³-hybridized carbons (Fsp3) is 0.611. The monoisotopic (exact) mass is 308 g/mol. The third-order valence-electron chi connectivity index (χ3n) is 3.97. The van der Waals surface area contributed by atoms with E-state index < -0.39 is 16.6 Å². The molecule has 1 rings (SSSR count). The van der Waals surface area contributed by atoms with E-state index in [2.05, 4.69) is 0 Å². The summed E-state index contributed by atoms with van der Waals surface area (Å²) in [5.74, 6) is 0.00728. The van der Waals surface area contributed by atoms with Gasteiger partial charge in [-0.2, -0.15) is 0 Å². The molecule has 0 aliphatic rings. The Bertz CT molecular complexity index is 513. The molecule has 0 amide bonds. The van der Waals surface area contributed by atoms with E-state index in [9.17, 15) is 15.0 Å². The van der Waals surface area contributed by atoms with Crippen LogP contribution in [0.4, 0.5) is 0 Å². The van der Waals surface area contributed by atoms with Crippen molar-refractivity contribution in [1.82, 2.24) is 0 Å². The highest BCUT2D eigenvalue weighted by Crippen LogP contribution is 2.32. The molecule has 0 aromatic heterocycles. The van der Waals surface area contributed by atoms with Crippen molar-refractivity contribution in [3.05, 3.63) is 29.3 Å². The van der Waals surface area contributed by atoms with Gasteiger partial charge in [-0.25, -0.2) is 0 Å². The van der Waals surface area contributed by atoms with Crippen molar-refractivity contribution in [3.8, 4) is 5.75 Å². The molecule has 0 radical (unpaired) electrons. The lowest BCUT2D eigenvalue weighted by Crippen LogP contribution is -2.28. The molecule has 0 saturated carbocycles. The lowest BCUT2D eigenvalue weighted by atomic mass is 9.89. The van der Waals surface area contributed by atoms with Crippen LogP contribution in [0, 0.1) is 5.41 Å². The van der Waals surface area contributed by atoms with Gasteiger partial charge in [-0.3, -0.25) is 4.79 Å². The molecule has 0 spiro atoms. The highest BCUT2D eigenvalue weighted by atomic mass is 16.5. The van der Waals surface area contributed by atoms with Gasteiger partial charge in [-0.05, 0) is 77.3 Å². The number of esters is 1. The van der Waals surface area contributed by atoms with Gasteiger partial charge in [-0.15, -0.1) is 0 Å². The fourth-order valence-electron chi connectivity index (χ4n) is 1.75. The molecule has 0 aliphatic carbocycles. The van der Waals surface area contributed by atoms with Gasteiger partial charge < -0.3 is 14.9 Å². The molecular weight excluding hydrogens is 280 g/mol. The first kappa shape index (κ1) is 18.7. The maximum absolute atomic E-state index is 12.2. The van der Waals surface area contributed by atoms with Gasteiger partial charge in [-0.1, -0.05) is 6.92 Å². The van der Waals surface area contributed by atoms with Gasteiger partial charge in [0.2, 0.25) is 0 Å². The van der Waals surface area contributed by atoms with Gasteiger partial charge in [0.15, 0.2) is 0 Å². The van der Waals surface area contributed by atoms with Crippen LogP contribution >= 0.6 is 0 Å². The number of ether oxygens (including phenoxy) is 1. The van der Waals surface area contributed by atoms with Gasteiger partial charge in [0.05, 0.1) is 16.6 Å². The van der Waals surface area contributed by atoms with E-state index in [-0.39, 0.29) is 5.97 Å². The van der Waals surface area contributed by atoms with Gasteiger partial charge in [0, 0.05) is 0 Å². The Morgan fingerprint density at radius 2 is 1.36 bits per heavy atom. The third kappa shape index (κ3) is 4.55. The minimum Gasteiger partial charge on any atom is -0.426 e. The molecule has 0 fully saturated rings. The van der Waals surface area contributed by atoms with Crippen LogP contribution in [0.1, 0.15) is 66.0 Å². The summed E-state index contributed by atoms with van der Waals surface area (Å²) in [5, 5.41) is 20.4. The van der Waals surface area contributed by atoms with Crippen LogP contribution in [-0.4, -0.2) is 16.2 Å². The number of carbonyl (C=O) groups excluding carboxylic acids is 1. The number of rotatable bonds is 5. The average Bonchev–Trinajstić information content (AvgIpc) is 2.36. The van der Waals surface area contributed by atoms with Crippen LogP contribution in [0.15, 0.2) is 18.2 Å². The highest BCUT2D eigenvalue weighted by molar-refractivity contribution is 5.78. The largest absolute Gasteiger partial charge is 0.426 e. The summed E-state index contributed by atoms with van der Waals surface area (Å²) in [6.45, 7) is 12.2. The summed E-state index contributed by atoms with van der Waals surface area (Å²) in [6.07, 6.45) is 0.662. The quantitative estimate of drug-likeness (QED) is 0.645. The molecule has 0 unspecified atom stereocenters. The van der Waals surface area contributed by atoms with Crippen molar-refractivity contribution in [3.63, 3.8) is 0 Å². The molecular formula is C18H28O4. The predicted octanol–water partition coefficient (Wildman–Crippen LogP) is 3.48. The van der Waals surface area contributed by atoms with Crippen molar-refractivity contribution >= 4 is 5.97 Å². The topological polar surface area (TPSA) is 66.8 Å². The maximum Gasteiger partial charge on any atom is 0.316 e. The normalized spacial score (nSPS) is 13.1. The first-order chi connectivity index (χ1) is 9.77. The van der Waals surface area contributed by atoms with E-state index in [1.165, 1.54) is 0 Å². The summed E-state index contributed by atoms with van der Waals surface area (Å²) >= 11 is 0. The summed E-state index contributed by atoms with van der Waals surface area (Å²) < 4.78 is 5.48. The van der Waals surface area contributed by atoms with E-state index >= 15 is 0 Å². The Morgan fingerprint density at radius 3 is 1.68 bits per heavy atom. The number of aliphatic hydroxyl groups is 2. The van der Waals surface area contributed by atoms with Crippen molar-refractivity contribution in [2.75, 3.05) is 0 Å². The van der Waals surface area contributed by atoms with Crippen molar-refractivity contribution in [1.29, 1.82) is 0 Å². The molecule has 0 aliphatic heterocycles. The lowest BCUT2D eigenvalue weighted by Gasteiger charge is -2.25. The average molecular weight is 308 g/mol. The lowest BCUT2D eigenvalue weighted by molar-refractivity contribution is -0.144. The first-order valence-electron chi connectivity index (χ1n) is 7.60. The van der Waals surface area contributed by atoms with E-state index in [1.807, 2.05) is 20.8 Å². The second kappa shape index (κ2) is 6.01. The summed E-state index contributed by atoms with van der Waals surface area (Å²) in [4.78, 5) is 12.2. The number of hydrogen-bond donors (Lipinski definition) is 2. The molecule has 22 heavy (non-hydrogen) atoms. The van der Waals surface area contributed by atoms with Crippen LogP contribution in [-0.2, 0) is 16.0 Å². The van der Waals surface area contributed by atoms with Crippen molar-refractivity contribution < 1.29 is 19.7 Å². The van der Waals surface area contributed by atoms with Crippen LogP contribution in [0.2, 0.25) is 0 Å². The Balaban J connectivity index is 3.28. The summed E-state index contributed by atoms with van der Waals surface area (Å²) in [5.41, 5.74) is -1.60. The Kier molecular flexibility index (Phi) is 5.10. The molecule has 1 aromatic rings. The fourth-order valence-corrected chi connectivity index (χ4v) is 1.75. The van der Waals surface area contributed by atoms with Crippen LogP contribution in [0.3, 0.4) is 0 Å². The number of benzene rings is 1. The minimum atomic E-state index is -1.09. The molecule has 124 valence electrons. The molecule has 1 aromatic carbocycles. The van der Waals surface area contributed by atoms with Crippen LogP contribution in [0.25, 0.3) is 0 Å². The number of carbonyl (C=O) groups is 1. The smallest absolute Gasteiger partial charge is 0.316 e. The van der Waals surface area contributed by atoms with Crippen LogP contribution < -0.4 is 4.74 Å². The minimum absolute atomic E-state index is 0.329. The second-order valence-electron chi connectivity index (χ2n) is 7.49. The van der Waals surface area contributed by atoms with E-state index in [0.717, 1.165) is 0 Å². The molecule has 0 heterocycles. The Hall–Kier alpha value is -1.39. The van der Waals surface area contributed by atoms with Gasteiger partial charge in [0.1, 0.15) is 5.75 Å². The zero-order chi connectivity index (χ0) is 17.3. The molecule has 0 atom stereocenters. The molecule has 0 bridgehead atoms. The van der Waals surface area contributed by atoms with Crippen LogP contribution in [0.5, 0.6) is 5.75 Å². The SMILES string of the molecule is CCC(C)(C)C(=O)Oc1cc(C(C)(C)O)cc(C(C)(C)O)c1. The maximum atomic E-state index is 12.2. The summed E-state index contributed by atoms with van der Waals surface area (Å²) in [6, 6.07) is 5.00.